The Balaban J connectivity index is 1.60. The van der Waals surface area contributed by atoms with E-state index >= 15 is 0 Å². The van der Waals surface area contributed by atoms with Crippen molar-refractivity contribution >= 4 is 5.95 Å². The maximum absolute atomic E-state index is 5.74. The quantitative estimate of drug-likeness (QED) is 0.802. The van der Waals surface area contributed by atoms with Gasteiger partial charge in [-0.25, -0.2) is 4.68 Å². The number of hydrogen-bond donors (Lipinski definition) is 1. The van der Waals surface area contributed by atoms with Crippen LogP contribution >= 0.6 is 0 Å². The minimum absolute atomic E-state index is 0.239. The number of nitrogens with zero attached hydrogens (tertiary/aromatic N) is 5. The van der Waals surface area contributed by atoms with Crippen molar-refractivity contribution in [2.75, 3.05) is 5.73 Å². The number of benzene rings is 1. The first-order valence-corrected chi connectivity index (χ1v) is 7.56. The topological polar surface area (TPSA) is 74.6 Å². The first-order chi connectivity index (χ1) is 10.8. The standard InChI is InChI=1S/C16H18N6/c17-16-19-15-14(7-4-8-22(15)20-16)13-9-18-21(11-13)10-12-5-2-1-3-6-12/h1-3,5-6,9,11,14H,4,7-8,10H2,(H2,17,20). The van der Waals surface area contributed by atoms with E-state index < -0.39 is 0 Å². The van der Waals surface area contributed by atoms with Crippen LogP contribution in [0.3, 0.4) is 0 Å². The number of fused-ring (bicyclic) bond motifs is 1. The van der Waals surface area contributed by atoms with Gasteiger partial charge in [0.1, 0.15) is 5.82 Å². The normalized spacial score (nSPS) is 17.4. The predicted molar refractivity (Wildman–Crippen MR) is 83.3 cm³/mol. The number of aromatic nitrogens is 5. The summed E-state index contributed by atoms with van der Waals surface area (Å²) in [6, 6.07) is 10.3. The fourth-order valence-electron chi connectivity index (χ4n) is 3.10. The van der Waals surface area contributed by atoms with Crippen LogP contribution < -0.4 is 5.73 Å². The lowest BCUT2D eigenvalue weighted by molar-refractivity contribution is 0.446. The van der Waals surface area contributed by atoms with E-state index in [1.807, 2.05) is 33.8 Å². The molecule has 0 saturated carbocycles. The Hall–Kier alpha value is -2.63. The summed E-state index contributed by atoms with van der Waals surface area (Å²) in [6.07, 6.45) is 6.20. The van der Waals surface area contributed by atoms with Gasteiger partial charge in [0.15, 0.2) is 0 Å². The SMILES string of the molecule is Nc1nc2n(n1)CCCC2c1cnn(Cc2ccccc2)c1. The molecule has 2 N–H and O–H groups in total. The molecule has 1 aliphatic rings. The third-order valence-corrected chi connectivity index (χ3v) is 4.13. The predicted octanol–water partition coefficient (Wildman–Crippen LogP) is 2.03. The molecule has 4 rings (SSSR count). The molecule has 3 aromatic rings. The van der Waals surface area contributed by atoms with Crippen molar-refractivity contribution in [1.29, 1.82) is 0 Å². The van der Waals surface area contributed by atoms with E-state index in [1.165, 1.54) is 11.1 Å². The summed E-state index contributed by atoms with van der Waals surface area (Å²) < 4.78 is 3.90. The maximum atomic E-state index is 5.74. The average Bonchev–Trinajstić information content (AvgIpc) is 3.13. The zero-order valence-electron chi connectivity index (χ0n) is 12.3. The molecule has 6 heteroatoms. The van der Waals surface area contributed by atoms with Crippen molar-refractivity contribution in [3.63, 3.8) is 0 Å². The first-order valence-electron chi connectivity index (χ1n) is 7.56. The van der Waals surface area contributed by atoms with Gasteiger partial charge in [-0.2, -0.15) is 10.1 Å². The van der Waals surface area contributed by atoms with Crippen LogP contribution in [0.4, 0.5) is 5.95 Å². The van der Waals surface area contributed by atoms with Crippen LogP contribution in [-0.2, 0) is 13.1 Å². The summed E-state index contributed by atoms with van der Waals surface area (Å²) in [4.78, 5) is 4.39. The van der Waals surface area contributed by atoms with Crippen LogP contribution in [0, 0.1) is 0 Å². The Bertz CT molecular complexity index is 773. The molecule has 3 heterocycles. The van der Waals surface area contributed by atoms with Crippen LogP contribution in [0.5, 0.6) is 0 Å². The third-order valence-electron chi connectivity index (χ3n) is 4.13. The Morgan fingerprint density at radius 3 is 2.95 bits per heavy atom. The summed E-state index contributed by atoms with van der Waals surface area (Å²) in [5, 5.41) is 8.75. The number of nitrogens with two attached hydrogens (primary N) is 1. The lowest BCUT2D eigenvalue weighted by Crippen LogP contribution is -2.17. The van der Waals surface area contributed by atoms with Gasteiger partial charge >= 0.3 is 0 Å². The molecule has 0 bridgehead atoms. The second-order valence-electron chi connectivity index (χ2n) is 5.70. The molecule has 0 radical (unpaired) electrons. The Morgan fingerprint density at radius 2 is 2.09 bits per heavy atom. The molecule has 2 aromatic heterocycles. The van der Waals surface area contributed by atoms with Gasteiger partial charge in [-0.3, -0.25) is 4.68 Å². The van der Waals surface area contributed by atoms with Crippen molar-refractivity contribution in [3.05, 3.63) is 59.7 Å². The molecule has 1 aliphatic heterocycles. The fourth-order valence-corrected chi connectivity index (χ4v) is 3.10. The Labute approximate surface area is 128 Å². The molecular weight excluding hydrogens is 276 g/mol. The van der Waals surface area contributed by atoms with Gasteiger partial charge in [0, 0.05) is 24.2 Å². The Kier molecular flexibility index (Phi) is 3.14. The summed E-state index contributed by atoms with van der Waals surface area (Å²) >= 11 is 0. The van der Waals surface area contributed by atoms with E-state index in [4.69, 9.17) is 5.73 Å². The number of anilines is 1. The van der Waals surface area contributed by atoms with Crippen LogP contribution in [0.25, 0.3) is 0 Å². The van der Waals surface area contributed by atoms with Gasteiger partial charge in [-0.15, -0.1) is 5.10 Å². The van der Waals surface area contributed by atoms with E-state index in [2.05, 4.69) is 33.5 Å². The molecule has 22 heavy (non-hydrogen) atoms. The minimum atomic E-state index is 0.239. The van der Waals surface area contributed by atoms with E-state index in [0.29, 0.717) is 5.95 Å². The summed E-state index contributed by atoms with van der Waals surface area (Å²) in [5.74, 6) is 1.56. The van der Waals surface area contributed by atoms with Gasteiger partial charge < -0.3 is 5.73 Å². The second kappa shape index (κ2) is 5.29. The fraction of sp³-hybridized carbons (Fsp3) is 0.312. The second-order valence-corrected chi connectivity index (χ2v) is 5.70. The van der Waals surface area contributed by atoms with Gasteiger partial charge in [0.2, 0.25) is 5.95 Å². The molecule has 1 unspecified atom stereocenters. The molecule has 6 nitrogen and oxygen atoms in total. The minimum Gasteiger partial charge on any atom is -0.366 e. The van der Waals surface area contributed by atoms with Crippen LogP contribution in [-0.4, -0.2) is 24.5 Å². The van der Waals surface area contributed by atoms with E-state index in [-0.39, 0.29) is 5.92 Å². The van der Waals surface area contributed by atoms with Gasteiger partial charge in [-0.05, 0) is 18.4 Å². The van der Waals surface area contributed by atoms with Gasteiger partial charge in [0.25, 0.3) is 0 Å². The van der Waals surface area contributed by atoms with Crippen molar-refractivity contribution < 1.29 is 0 Å². The number of rotatable bonds is 3. The summed E-state index contributed by atoms with van der Waals surface area (Å²) in [7, 11) is 0. The lowest BCUT2D eigenvalue weighted by Gasteiger charge is -2.20. The highest BCUT2D eigenvalue weighted by molar-refractivity contribution is 5.26. The van der Waals surface area contributed by atoms with Crippen molar-refractivity contribution in [2.24, 2.45) is 0 Å². The summed E-state index contributed by atoms with van der Waals surface area (Å²) in [6.45, 7) is 1.68. The van der Waals surface area contributed by atoms with Gasteiger partial charge in [-0.1, -0.05) is 30.3 Å². The smallest absolute Gasteiger partial charge is 0.239 e. The largest absolute Gasteiger partial charge is 0.366 e. The number of aryl methyl sites for hydroxylation is 1. The van der Waals surface area contributed by atoms with Gasteiger partial charge in [0.05, 0.1) is 12.7 Å². The first kappa shape index (κ1) is 13.1. The molecular formula is C16H18N6. The zero-order valence-corrected chi connectivity index (χ0v) is 12.3. The number of hydrogen-bond acceptors (Lipinski definition) is 4. The highest BCUT2D eigenvalue weighted by Crippen LogP contribution is 2.32. The average molecular weight is 294 g/mol. The lowest BCUT2D eigenvalue weighted by atomic mass is 9.94. The van der Waals surface area contributed by atoms with Crippen molar-refractivity contribution in [1.82, 2.24) is 24.5 Å². The monoisotopic (exact) mass is 294 g/mol. The highest BCUT2D eigenvalue weighted by atomic mass is 15.4. The molecule has 0 spiro atoms. The maximum Gasteiger partial charge on any atom is 0.239 e. The number of nitrogen functional groups attached to an aromatic ring is 1. The molecule has 0 aliphatic carbocycles. The van der Waals surface area contributed by atoms with Crippen molar-refractivity contribution in [2.45, 2.75) is 31.8 Å². The third kappa shape index (κ3) is 2.36. The van der Waals surface area contributed by atoms with E-state index in [0.717, 1.165) is 31.8 Å². The van der Waals surface area contributed by atoms with E-state index in [1.54, 1.807) is 0 Å². The molecule has 0 amide bonds. The van der Waals surface area contributed by atoms with Crippen LogP contribution in [0.2, 0.25) is 0 Å². The molecule has 0 fully saturated rings. The molecule has 1 aromatic carbocycles. The van der Waals surface area contributed by atoms with E-state index in [9.17, 15) is 0 Å². The Morgan fingerprint density at radius 1 is 1.23 bits per heavy atom. The molecule has 0 saturated heterocycles. The van der Waals surface area contributed by atoms with Crippen LogP contribution in [0.15, 0.2) is 42.7 Å². The zero-order chi connectivity index (χ0) is 14.9. The van der Waals surface area contributed by atoms with Crippen LogP contribution in [0.1, 0.15) is 35.7 Å². The highest BCUT2D eigenvalue weighted by Gasteiger charge is 2.26. The summed E-state index contributed by atoms with van der Waals surface area (Å²) in [5.41, 5.74) is 8.17. The molecule has 1 atom stereocenters. The molecule has 112 valence electrons. The van der Waals surface area contributed by atoms with Crippen molar-refractivity contribution in [3.8, 4) is 0 Å².